The summed E-state index contributed by atoms with van der Waals surface area (Å²) in [6.07, 6.45) is 0.467. The predicted octanol–water partition coefficient (Wildman–Crippen LogP) is 6.02. The molecule has 0 saturated carbocycles. The topological polar surface area (TPSA) is 99.0 Å². The molecule has 0 aromatic heterocycles. The van der Waals surface area contributed by atoms with E-state index in [4.69, 9.17) is 9.16 Å². The van der Waals surface area contributed by atoms with Crippen molar-refractivity contribution in [1.82, 2.24) is 4.90 Å². The number of nitro groups is 1. The summed E-state index contributed by atoms with van der Waals surface area (Å²) < 4.78 is 12.1. The van der Waals surface area contributed by atoms with E-state index in [-0.39, 0.29) is 47.2 Å². The van der Waals surface area contributed by atoms with E-state index in [2.05, 4.69) is 33.9 Å². The van der Waals surface area contributed by atoms with Crippen molar-refractivity contribution < 1.29 is 23.7 Å². The highest BCUT2D eigenvalue weighted by Crippen LogP contribution is 2.45. The zero-order valence-corrected chi connectivity index (χ0v) is 24.1. The number of nitro benzene ring substituents is 1. The molecule has 1 heterocycles. The van der Waals surface area contributed by atoms with Crippen LogP contribution in [0.1, 0.15) is 39.7 Å². The fourth-order valence-electron chi connectivity index (χ4n) is 3.86. The Bertz CT molecular complexity index is 1100. The molecule has 2 aromatic carbocycles. The van der Waals surface area contributed by atoms with Crippen molar-refractivity contribution in [2.24, 2.45) is 5.92 Å². The third-order valence-corrected chi connectivity index (χ3v) is 12.9. The Balaban J connectivity index is 1.71. The van der Waals surface area contributed by atoms with Gasteiger partial charge in [-0.25, -0.2) is 0 Å². The lowest BCUT2D eigenvalue weighted by molar-refractivity contribution is -0.384. The predicted molar refractivity (Wildman–Crippen MR) is 147 cm³/mol. The number of likely N-dealkylation sites (tertiary alicyclic amines) is 1. The third kappa shape index (κ3) is 7.00. The molecule has 3 atom stereocenters. The van der Waals surface area contributed by atoms with Gasteiger partial charge >= 0.3 is 5.97 Å². The second kappa shape index (κ2) is 11.8. The number of thioether (sulfide) groups is 1. The molecule has 1 aliphatic heterocycles. The minimum atomic E-state index is -2.11. The van der Waals surface area contributed by atoms with Crippen LogP contribution >= 0.6 is 11.8 Å². The first-order valence-corrected chi connectivity index (χ1v) is 16.2. The molecule has 0 bridgehead atoms. The lowest BCUT2D eigenvalue weighted by atomic mass is 9.90. The average molecular weight is 545 g/mol. The number of esters is 1. The molecule has 0 unspecified atom stereocenters. The Labute approximate surface area is 224 Å². The summed E-state index contributed by atoms with van der Waals surface area (Å²) >= 11 is 1.56. The molecule has 2 aromatic rings. The molecule has 0 aliphatic carbocycles. The van der Waals surface area contributed by atoms with Gasteiger partial charge < -0.3 is 14.1 Å². The fraction of sp³-hybridized carbons (Fsp3) is 0.481. The lowest BCUT2D eigenvalue weighted by Crippen LogP contribution is -2.65. The quantitative estimate of drug-likeness (QED) is 0.112. The maximum Gasteiger partial charge on any atom is 0.326 e. The number of β-lactam (4-membered cyclic amide) rings is 1. The van der Waals surface area contributed by atoms with Crippen LogP contribution in [0.5, 0.6) is 0 Å². The summed E-state index contributed by atoms with van der Waals surface area (Å²) in [5, 5.41) is 10.6. The van der Waals surface area contributed by atoms with Crippen LogP contribution in [-0.2, 0) is 25.4 Å². The Hall–Kier alpha value is -2.69. The van der Waals surface area contributed by atoms with Gasteiger partial charge in [-0.05, 0) is 54.4 Å². The zero-order chi connectivity index (χ0) is 27.4. The molecule has 0 spiro atoms. The van der Waals surface area contributed by atoms with Gasteiger partial charge in [-0.15, -0.1) is 11.8 Å². The molecular formula is C27H36N2O6SSi. The maximum atomic E-state index is 13.4. The van der Waals surface area contributed by atoms with E-state index >= 15 is 0 Å². The van der Waals surface area contributed by atoms with Crippen LogP contribution in [0, 0.1) is 16.0 Å². The third-order valence-electron chi connectivity index (χ3n) is 7.08. The van der Waals surface area contributed by atoms with Gasteiger partial charge in [0.15, 0.2) is 8.32 Å². The van der Waals surface area contributed by atoms with Crippen LogP contribution in [0.15, 0.2) is 59.5 Å². The Kier molecular flexibility index (Phi) is 9.20. The molecule has 37 heavy (non-hydrogen) atoms. The average Bonchev–Trinajstić information content (AvgIpc) is 2.85. The highest BCUT2D eigenvalue weighted by atomic mass is 32.2. The summed E-state index contributed by atoms with van der Waals surface area (Å²) in [5.74, 6) is -0.986. The number of nitrogens with zero attached hydrogens (tertiary/aromatic N) is 2. The van der Waals surface area contributed by atoms with Crippen LogP contribution in [0.3, 0.4) is 0 Å². The summed E-state index contributed by atoms with van der Waals surface area (Å²) in [6.45, 7) is 12.8. The zero-order valence-electron chi connectivity index (χ0n) is 22.3. The van der Waals surface area contributed by atoms with Crippen LogP contribution < -0.4 is 0 Å². The van der Waals surface area contributed by atoms with E-state index < -0.39 is 19.2 Å². The van der Waals surface area contributed by atoms with Crippen LogP contribution in [0.2, 0.25) is 18.1 Å². The number of non-ortho nitro benzene ring substituents is 1. The number of amides is 1. The highest BCUT2D eigenvalue weighted by Gasteiger charge is 2.54. The molecule has 0 N–H and O–H groups in total. The summed E-state index contributed by atoms with van der Waals surface area (Å²) in [4.78, 5) is 39.0. The van der Waals surface area contributed by atoms with E-state index in [1.807, 2.05) is 37.3 Å². The van der Waals surface area contributed by atoms with Crippen LogP contribution in [0.4, 0.5) is 5.69 Å². The molecule has 1 aliphatic rings. The van der Waals surface area contributed by atoms with Gasteiger partial charge in [0.05, 0.1) is 22.3 Å². The van der Waals surface area contributed by atoms with Gasteiger partial charge in [-0.2, -0.15) is 0 Å². The smallest absolute Gasteiger partial charge is 0.326 e. The van der Waals surface area contributed by atoms with Crippen molar-refractivity contribution in [3.8, 4) is 0 Å². The molecule has 1 saturated heterocycles. The van der Waals surface area contributed by atoms with E-state index in [1.165, 1.54) is 12.1 Å². The molecule has 10 heteroatoms. The fourth-order valence-corrected chi connectivity index (χ4v) is 6.63. The second-order valence-electron chi connectivity index (χ2n) is 10.7. The number of carbonyl (C=O) groups is 2. The number of ether oxygens (including phenoxy) is 1. The Morgan fingerprint density at radius 2 is 1.76 bits per heavy atom. The van der Waals surface area contributed by atoms with Crippen molar-refractivity contribution in [2.45, 2.75) is 75.2 Å². The number of carbonyl (C=O) groups excluding carboxylic acids is 2. The number of hydrogen-bond acceptors (Lipinski definition) is 7. The van der Waals surface area contributed by atoms with Crippen LogP contribution in [-0.4, -0.2) is 48.0 Å². The van der Waals surface area contributed by atoms with Crippen molar-refractivity contribution in [3.05, 3.63) is 70.3 Å². The second-order valence-corrected chi connectivity index (χ2v) is 16.7. The van der Waals surface area contributed by atoms with Crippen molar-refractivity contribution in [2.75, 3.05) is 6.54 Å². The summed E-state index contributed by atoms with van der Waals surface area (Å²) in [7, 11) is -2.11. The molecule has 200 valence electrons. The largest absolute Gasteiger partial charge is 0.459 e. The normalized spacial score (nSPS) is 18.8. The molecule has 1 amide bonds. The Morgan fingerprint density at radius 3 is 2.30 bits per heavy atom. The minimum absolute atomic E-state index is 0.0106. The molecular weight excluding hydrogens is 508 g/mol. The standard InChI is InChI=1S/C27H36N2O6SSi/c1-7-22(35-37(5,6)27(2,3)4)24-25(31)28(26(24)36-21-11-9-8-10-12-21)17-23(30)34-18-19-13-15-20(16-14-19)29(32)33/h8-16,22,24,26H,7,17-18H2,1-6H3/t22-,24+,26-/m0/s1. The van der Waals surface area contributed by atoms with Gasteiger partial charge in [-0.1, -0.05) is 45.9 Å². The van der Waals surface area contributed by atoms with Gasteiger partial charge in [-0.3, -0.25) is 19.7 Å². The molecule has 1 fully saturated rings. The van der Waals surface area contributed by atoms with Gasteiger partial charge in [0.1, 0.15) is 13.2 Å². The van der Waals surface area contributed by atoms with E-state index in [1.54, 1.807) is 28.8 Å². The first-order chi connectivity index (χ1) is 17.3. The SMILES string of the molecule is CC[C@H](O[Si](C)(C)C(C)(C)C)[C@@H]1C(=O)N(CC(=O)OCc2ccc([N+](=O)[O-])cc2)[C@H]1Sc1ccccc1. The highest BCUT2D eigenvalue weighted by molar-refractivity contribution is 8.00. The number of rotatable bonds is 11. The Morgan fingerprint density at radius 1 is 1.14 bits per heavy atom. The first-order valence-electron chi connectivity index (χ1n) is 12.4. The molecule has 3 rings (SSSR count). The van der Waals surface area contributed by atoms with Crippen molar-refractivity contribution in [3.63, 3.8) is 0 Å². The number of hydrogen-bond donors (Lipinski definition) is 0. The van der Waals surface area contributed by atoms with Gasteiger partial charge in [0.25, 0.3) is 5.69 Å². The van der Waals surface area contributed by atoms with Gasteiger partial charge in [0, 0.05) is 17.0 Å². The minimum Gasteiger partial charge on any atom is -0.459 e. The molecule has 8 nitrogen and oxygen atoms in total. The van der Waals surface area contributed by atoms with E-state index in [9.17, 15) is 19.7 Å². The van der Waals surface area contributed by atoms with Crippen molar-refractivity contribution >= 4 is 37.6 Å². The number of benzene rings is 2. The molecule has 0 radical (unpaired) electrons. The van der Waals surface area contributed by atoms with Crippen LogP contribution in [0.25, 0.3) is 0 Å². The van der Waals surface area contributed by atoms with E-state index in [0.717, 1.165) is 4.90 Å². The lowest BCUT2D eigenvalue weighted by Gasteiger charge is -2.51. The first kappa shape index (κ1) is 28.9. The summed E-state index contributed by atoms with van der Waals surface area (Å²) in [6, 6.07) is 15.7. The van der Waals surface area contributed by atoms with Gasteiger partial charge in [0.2, 0.25) is 5.91 Å². The van der Waals surface area contributed by atoms with E-state index in [0.29, 0.717) is 12.0 Å². The maximum absolute atomic E-state index is 13.4. The summed E-state index contributed by atoms with van der Waals surface area (Å²) in [5.41, 5.74) is 0.606. The van der Waals surface area contributed by atoms with Crippen molar-refractivity contribution in [1.29, 1.82) is 0 Å². The monoisotopic (exact) mass is 544 g/mol.